The van der Waals surface area contributed by atoms with E-state index in [1.54, 1.807) is 13.0 Å². The van der Waals surface area contributed by atoms with Crippen molar-refractivity contribution in [1.82, 2.24) is 0 Å². The molecule has 0 unspecified atom stereocenters. The van der Waals surface area contributed by atoms with Crippen molar-refractivity contribution in [3.05, 3.63) is 24.8 Å². The van der Waals surface area contributed by atoms with E-state index in [1.807, 2.05) is 0 Å². The fraction of sp³-hybridized carbons (Fsp3) is 0.750. The van der Waals surface area contributed by atoms with Crippen molar-refractivity contribution >= 4 is 5.78 Å². The molecule has 2 aliphatic rings. The topological polar surface area (TPSA) is 37.3 Å². The van der Waals surface area contributed by atoms with E-state index in [2.05, 4.69) is 33.9 Å². The average Bonchev–Trinajstić information content (AvgIpc) is 2.36. The molecule has 0 aromatic heterocycles. The Morgan fingerprint density at radius 1 is 1.36 bits per heavy atom. The fourth-order valence-electron chi connectivity index (χ4n) is 5.27. The first-order valence-electron chi connectivity index (χ1n) is 8.60. The van der Waals surface area contributed by atoms with E-state index in [1.165, 1.54) is 6.42 Å². The first kappa shape index (κ1) is 17.5. The molecule has 2 aliphatic carbocycles. The third-order valence-electron chi connectivity index (χ3n) is 6.37. The van der Waals surface area contributed by atoms with Gasteiger partial charge in [0.25, 0.3) is 0 Å². The zero-order chi connectivity index (χ0) is 16.8. The Morgan fingerprint density at radius 3 is 2.59 bits per heavy atom. The highest BCUT2D eigenvalue weighted by Gasteiger charge is 2.56. The Hall–Kier alpha value is -0.890. The van der Waals surface area contributed by atoms with E-state index in [0.717, 1.165) is 24.8 Å². The van der Waals surface area contributed by atoms with E-state index in [0.29, 0.717) is 24.5 Å². The molecule has 0 spiro atoms. The molecule has 2 saturated carbocycles. The van der Waals surface area contributed by atoms with Crippen LogP contribution in [-0.2, 0) is 4.79 Å². The van der Waals surface area contributed by atoms with E-state index in [-0.39, 0.29) is 16.7 Å². The van der Waals surface area contributed by atoms with Gasteiger partial charge in [-0.15, -0.1) is 6.58 Å². The van der Waals surface area contributed by atoms with Gasteiger partial charge in [0.1, 0.15) is 5.78 Å². The first-order chi connectivity index (χ1) is 10.0. The van der Waals surface area contributed by atoms with Crippen LogP contribution in [0.2, 0.25) is 0 Å². The number of allylic oxidation sites excluding steroid dienone is 1. The van der Waals surface area contributed by atoms with Crippen LogP contribution >= 0.6 is 0 Å². The molecule has 124 valence electrons. The predicted octanol–water partition coefficient (Wildman–Crippen LogP) is 4.68. The van der Waals surface area contributed by atoms with E-state index >= 15 is 0 Å². The number of aliphatic hydroxyl groups is 1. The first-order valence-corrected chi connectivity index (χ1v) is 8.60. The summed E-state index contributed by atoms with van der Waals surface area (Å²) in [5.74, 6) is 0.822. The number of carbonyl (C=O) groups excluding carboxylic acids is 1. The summed E-state index contributed by atoms with van der Waals surface area (Å²) >= 11 is 0. The van der Waals surface area contributed by atoms with E-state index < -0.39 is 5.60 Å². The van der Waals surface area contributed by atoms with Crippen LogP contribution in [0.5, 0.6) is 0 Å². The summed E-state index contributed by atoms with van der Waals surface area (Å²) in [5.41, 5.74) is 0.300. The van der Waals surface area contributed by atoms with Crippen molar-refractivity contribution in [2.45, 2.75) is 71.8 Å². The molecular weight excluding hydrogens is 272 g/mol. The zero-order valence-corrected chi connectivity index (χ0v) is 14.7. The average molecular weight is 304 g/mol. The summed E-state index contributed by atoms with van der Waals surface area (Å²) in [6.07, 6.45) is 7.09. The fourth-order valence-corrected chi connectivity index (χ4v) is 5.27. The number of hydrogen-bond acceptors (Lipinski definition) is 2. The largest absolute Gasteiger partial charge is 0.386 e. The number of Topliss-reactive ketones (excluding diaryl/α,β-unsaturated/α-hetero) is 1. The summed E-state index contributed by atoms with van der Waals surface area (Å²) in [5, 5.41) is 10.3. The lowest BCUT2D eigenvalue weighted by Gasteiger charge is -2.57. The molecule has 4 atom stereocenters. The molecule has 0 bridgehead atoms. The molecule has 0 amide bonds. The van der Waals surface area contributed by atoms with Gasteiger partial charge in [-0.2, -0.15) is 0 Å². The number of carbonyl (C=O) groups is 1. The van der Waals surface area contributed by atoms with Crippen LogP contribution in [0.3, 0.4) is 0 Å². The second-order valence-corrected chi connectivity index (χ2v) is 8.73. The Bertz CT molecular complexity index is 486. The molecule has 2 rings (SSSR count). The van der Waals surface area contributed by atoms with Crippen molar-refractivity contribution in [2.24, 2.45) is 22.7 Å². The molecule has 0 aromatic carbocycles. The molecule has 2 heteroatoms. The highest BCUT2D eigenvalue weighted by atomic mass is 16.3. The molecule has 22 heavy (non-hydrogen) atoms. The second-order valence-electron chi connectivity index (χ2n) is 8.73. The third kappa shape index (κ3) is 2.95. The lowest BCUT2D eigenvalue weighted by molar-refractivity contribution is -0.143. The minimum Gasteiger partial charge on any atom is -0.386 e. The Morgan fingerprint density at radius 2 is 2.00 bits per heavy atom. The summed E-state index contributed by atoms with van der Waals surface area (Å²) in [7, 11) is 0. The SMILES string of the molecule is C=C[C@@](C)(O)CC[C@H]1C(=C)CC(=O)[C@H]2C(C)(C)CCC[C@]12C. The van der Waals surface area contributed by atoms with Gasteiger partial charge in [-0.25, -0.2) is 0 Å². The molecule has 0 aromatic rings. The second kappa shape index (κ2) is 5.63. The van der Waals surface area contributed by atoms with Gasteiger partial charge < -0.3 is 5.11 Å². The zero-order valence-electron chi connectivity index (χ0n) is 14.7. The van der Waals surface area contributed by atoms with Crippen molar-refractivity contribution in [3.63, 3.8) is 0 Å². The highest BCUT2D eigenvalue weighted by Crippen LogP contribution is 2.60. The molecule has 0 radical (unpaired) electrons. The van der Waals surface area contributed by atoms with Crippen LogP contribution in [0.25, 0.3) is 0 Å². The third-order valence-corrected chi connectivity index (χ3v) is 6.37. The molecule has 2 nitrogen and oxygen atoms in total. The van der Waals surface area contributed by atoms with Crippen LogP contribution in [0.4, 0.5) is 0 Å². The highest BCUT2D eigenvalue weighted by molar-refractivity contribution is 5.86. The quantitative estimate of drug-likeness (QED) is 0.766. The predicted molar refractivity (Wildman–Crippen MR) is 91.5 cm³/mol. The van der Waals surface area contributed by atoms with Crippen LogP contribution in [0.15, 0.2) is 24.8 Å². The van der Waals surface area contributed by atoms with Crippen molar-refractivity contribution in [1.29, 1.82) is 0 Å². The minimum atomic E-state index is -0.836. The number of hydrogen-bond donors (Lipinski definition) is 1. The maximum absolute atomic E-state index is 12.7. The Balaban J connectivity index is 2.30. The van der Waals surface area contributed by atoms with Crippen LogP contribution < -0.4 is 0 Å². The Labute approximate surface area is 135 Å². The van der Waals surface area contributed by atoms with Crippen LogP contribution in [-0.4, -0.2) is 16.5 Å². The monoisotopic (exact) mass is 304 g/mol. The normalized spacial score (nSPS) is 37.3. The van der Waals surface area contributed by atoms with Gasteiger partial charge in [0.2, 0.25) is 0 Å². The summed E-state index contributed by atoms with van der Waals surface area (Å²) in [6, 6.07) is 0. The van der Waals surface area contributed by atoms with Gasteiger partial charge >= 0.3 is 0 Å². The summed E-state index contributed by atoms with van der Waals surface area (Å²) < 4.78 is 0. The lowest BCUT2D eigenvalue weighted by atomic mass is 9.46. The van der Waals surface area contributed by atoms with Gasteiger partial charge in [0, 0.05) is 12.3 Å². The smallest absolute Gasteiger partial charge is 0.141 e. The number of fused-ring (bicyclic) bond motifs is 1. The molecule has 0 aliphatic heterocycles. The molecule has 0 heterocycles. The van der Waals surface area contributed by atoms with Gasteiger partial charge in [0.15, 0.2) is 0 Å². The molecule has 1 N–H and O–H groups in total. The lowest BCUT2D eigenvalue weighted by Crippen LogP contribution is -2.53. The standard InChI is InChI=1S/C20H32O2/c1-7-19(5,22)12-9-15-14(2)13-16(21)17-18(3,4)10-8-11-20(15,17)6/h7,15,17,22H,1-2,8-13H2,3-6H3/t15-,17-,19+,20+/m0/s1. The van der Waals surface area contributed by atoms with Gasteiger partial charge in [0.05, 0.1) is 5.60 Å². The van der Waals surface area contributed by atoms with Crippen LogP contribution in [0.1, 0.15) is 66.2 Å². The summed E-state index contributed by atoms with van der Waals surface area (Å²) in [6.45, 7) is 16.5. The molecule has 2 fully saturated rings. The number of rotatable bonds is 4. The van der Waals surface area contributed by atoms with Crippen LogP contribution in [0, 0.1) is 22.7 Å². The molecule has 0 saturated heterocycles. The maximum Gasteiger partial charge on any atom is 0.141 e. The maximum atomic E-state index is 12.7. The van der Waals surface area contributed by atoms with Gasteiger partial charge in [-0.1, -0.05) is 45.4 Å². The Kier molecular flexibility index (Phi) is 4.47. The van der Waals surface area contributed by atoms with E-state index in [4.69, 9.17) is 0 Å². The number of ketones is 1. The van der Waals surface area contributed by atoms with Gasteiger partial charge in [-0.05, 0) is 49.4 Å². The molecular formula is C20H32O2. The minimum absolute atomic E-state index is 0.00852. The van der Waals surface area contributed by atoms with Crippen molar-refractivity contribution in [2.75, 3.05) is 0 Å². The van der Waals surface area contributed by atoms with Crippen molar-refractivity contribution in [3.8, 4) is 0 Å². The van der Waals surface area contributed by atoms with E-state index in [9.17, 15) is 9.90 Å². The summed E-state index contributed by atoms with van der Waals surface area (Å²) in [4.78, 5) is 12.7. The van der Waals surface area contributed by atoms with Crippen molar-refractivity contribution < 1.29 is 9.90 Å². The van der Waals surface area contributed by atoms with Gasteiger partial charge in [-0.3, -0.25) is 4.79 Å².